The first-order chi connectivity index (χ1) is 8.40. The second-order valence-electron chi connectivity index (χ2n) is 4.01. The Balaban J connectivity index is 0.00000324. The third-order valence-corrected chi connectivity index (χ3v) is 3.12. The number of primary amides is 1. The number of carbonyl (C=O) groups excluding carboxylic acids is 2. The maximum atomic E-state index is 11.8. The molecule has 1 rings (SSSR count). The van der Waals surface area contributed by atoms with Crippen molar-refractivity contribution in [3.63, 3.8) is 0 Å². The van der Waals surface area contributed by atoms with Crippen LogP contribution in [0.4, 0.5) is 0 Å². The first-order valence-electron chi connectivity index (χ1n) is 5.44. The highest BCUT2D eigenvalue weighted by Crippen LogP contribution is 2.22. The number of hydrogen-bond donors (Lipinski definition) is 2. The molecule has 1 aromatic carbocycles. The number of benzene rings is 1. The summed E-state index contributed by atoms with van der Waals surface area (Å²) in [5.41, 5.74) is 5.46. The smallest absolute Gasteiger partial charge is 0.251 e. The fourth-order valence-electron chi connectivity index (χ4n) is 1.38. The molecule has 0 saturated heterocycles. The predicted octanol–water partition coefficient (Wildman–Crippen LogP) is 2.49. The summed E-state index contributed by atoms with van der Waals surface area (Å²) in [7, 11) is 0. The predicted molar refractivity (Wildman–Crippen MR) is 82.2 cm³/mol. The molecule has 0 aliphatic rings. The van der Waals surface area contributed by atoms with Gasteiger partial charge in [0.05, 0.1) is 10.0 Å². The lowest BCUT2D eigenvalue weighted by Crippen LogP contribution is -2.33. The average molecular weight is 323 g/mol. The molecule has 0 unspecified atom stereocenters. The number of halogens is 2. The Labute approximate surface area is 129 Å². The van der Waals surface area contributed by atoms with Gasteiger partial charge in [0.15, 0.2) is 0 Å². The molecule has 4 nitrogen and oxygen atoms in total. The fourth-order valence-corrected chi connectivity index (χ4v) is 1.67. The number of amides is 2. The Morgan fingerprint density at radius 1 is 1.32 bits per heavy atom. The van der Waals surface area contributed by atoms with Gasteiger partial charge in [0.2, 0.25) is 5.91 Å². The van der Waals surface area contributed by atoms with Crippen LogP contribution in [0.1, 0.15) is 30.1 Å². The topological polar surface area (TPSA) is 72.2 Å². The number of nitrogens with two attached hydrogens (primary N) is 1. The van der Waals surface area contributed by atoms with Crippen molar-refractivity contribution >= 4 is 48.5 Å². The highest BCUT2D eigenvalue weighted by atomic mass is 35.5. The summed E-state index contributed by atoms with van der Waals surface area (Å²) in [6, 6.07) is 4.51. The minimum atomic E-state index is -0.384. The van der Waals surface area contributed by atoms with Gasteiger partial charge in [-0.05, 0) is 31.5 Å². The molecule has 106 valence electrons. The van der Waals surface area contributed by atoms with E-state index in [2.05, 4.69) is 5.32 Å². The molecule has 0 radical (unpaired) electrons. The van der Waals surface area contributed by atoms with Crippen molar-refractivity contribution in [1.29, 1.82) is 0 Å². The van der Waals surface area contributed by atoms with Crippen molar-refractivity contribution in [3.8, 4) is 0 Å². The first-order valence-corrected chi connectivity index (χ1v) is 6.20. The van der Waals surface area contributed by atoms with Crippen molar-refractivity contribution in [2.24, 2.45) is 5.73 Å². The summed E-state index contributed by atoms with van der Waals surface area (Å²) in [6.45, 7) is 1.80. The average Bonchev–Trinajstić information content (AvgIpc) is 2.30. The minimum absolute atomic E-state index is 0. The molecule has 0 saturated carbocycles. The second kappa shape index (κ2) is 8.30. The maximum Gasteiger partial charge on any atom is 0.251 e. The van der Waals surface area contributed by atoms with Crippen molar-refractivity contribution in [2.45, 2.75) is 25.8 Å². The van der Waals surface area contributed by atoms with E-state index in [9.17, 15) is 9.59 Å². The molecule has 3 N–H and O–H groups in total. The van der Waals surface area contributed by atoms with E-state index in [4.69, 9.17) is 28.9 Å². The molecule has 0 spiro atoms. The van der Waals surface area contributed by atoms with Crippen LogP contribution in [0.5, 0.6) is 0 Å². The zero-order valence-corrected chi connectivity index (χ0v) is 12.9. The Morgan fingerprint density at radius 2 is 1.95 bits per heavy atom. The van der Waals surface area contributed by atoms with Crippen LogP contribution in [-0.4, -0.2) is 17.9 Å². The van der Waals surface area contributed by atoms with Crippen LogP contribution in [0, 0.1) is 0 Å². The molecule has 1 atom stereocenters. The van der Waals surface area contributed by atoms with Crippen LogP contribution in [0.2, 0.25) is 10.0 Å². The maximum absolute atomic E-state index is 11.8. The van der Waals surface area contributed by atoms with Gasteiger partial charge in [0, 0.05) is 18.0 Å². The van der Waals surface area contributed by atoms with Gasteiger partial charge in [-0.15, -0.1) is 0 Å². The fraction of sp³-hybridized carbons (Fsp3) is 0.333. The SMILES string of the molecule is C[C@@H](CCC(N)=O)NC(=O)c1ccc(Cl)c(Cl)c1.S. The van der Waals surface area contributed by atoms with Crippen LogP contribution in [0.15, 0.2) is 18.2 Å². The van der Waals surface area contributed by atoms with Gasteiger partial charge >= 0.3 is 0 Å². The van der Waals surface area contributed by atoms with E-state index in [0.717, 1.165) is 0 Å². The summed E-state index contributed by atoms with van der Waals surface area (Å²) < 4.78 is 0. The van der Waals surface area contributed by atoms with Crippen LogP contribution in [0.25, 0.3) is 0 Å². The lowest BCUT2D eigenvalue weighted by molar-refractivity contribution is -0.118. The van der Waals surface area contributed by atoms with Crippen LogP contribution < -0.4 is 11.1 Å². The molecule has 0 aliphatic heterocycles. The van der Waals surface area contributed by atoms with Crippen LogP contribution in [-0.2, 0) is 4.79 Å². The lowest BCUT2D eigenvalue weighted by Gasteiger charge is -2.13. The normalized spacial score (nSPS) is 11.3. The van der Waals surface area contributed by atoms with E-state index in [0.29, 0.717) is 22.0 Å². The van der Waals surface area contributed by atoms with Crippen molar-refractivity contribution in [2.75, 3.05) is 0 Å². The van der Waals surface area contributed by atoms with Gasteiger partial charge in [-0.2, -0.15) is 13.5 Å². The minimum Gasteiger partial charge on any atom is -0.370 e. The van der Waals surface area contributed by atoms with E-state index in [-0.39, 0.29) is 37.8 Å². The van der Waals surface area contributed by atoms with Gasteiger partial charge in [-0.25, -0.2) is 0 Å². The summed E-state index contributed by atoms with van der Waals surface area (Å²) in [5.74, 6) is -0.642. The monoisotopic (exact) mass is 322 g/mol. The Bertz CT molecular complexity index is 469. The van der Waals surface area contributed by atoms with E-state index in [1.165, 1.54) is 6.07 Å². The zero-order valence-electron chi connectivity index (χ0n) is 10.4. The third kappa shape index (κ3) is 6.18. The number of rotatable bonds is 5. The van der Waals surface area contributed by atoms with Crippen LogP contribution >= 0.6 is 36.7 Å². The molecule has 7 heteroatoms. The molecule has 0 aliphatic carbocycles. The summed E-state index contributed by atoms with van der Waals surface area (Å²) in [4.78, 5) is 22.5. The Kier molecular flexibility index (Phi) is 7.90. The lowest BCUT2D eigenvalue weighted by atomic mass is 10.1. The van der Waals surface area contributed by atoms with E-state index < -0.39 is 0 Å². The molecule has 0 fully saturated rings. The molecule has 1 aromatic rings. The zero-order chi connectivity index (χ0) is 13.7. The summed E-state index contributed by atoms with van der Waals surface area (Å²) >= 11 is 11.6. The standard InChI is InChI=1S/C12H14Cl2N2O2.H2S/c1-7(2-5-11(15)17)16-12(18)8-3-4-9(13)10(14)6-8;/h3-4,6-7H,2,5H2,1H3,(H2,15,17)(H,16,18);1H2/t7-;/m0./s1. The van der Waals surface area contributed by atoms with Gasteiger partial charge in [0.25, 0.3) is 5.91 Å². The second-order valence-corrected chi connectivity index (χ2v) is 4.82. The van der Waals surface area contributed by atoms with E-state index in [1.807, 2.05) is 0 Å². The first kappa shape index (κ1) is 18.1. The van der Waals surface area contributed by atoms with E-state index >= 15 is 0 Å². The van der Waals surface area contributed by atoms with Crippen molar-refractivity contribution in [3.05, 3.63) is 33.8 Å². The quantitative estimate of drug-likeness (QED) is 0.874. The van der Waals surface area contributed by atoms with Crippen LogP contribution in [0.3, 0.4) is 0 Å². The number of hydrogen-bond acceptors (Lipinski definition) is 2. The molecule has 19 heavy (non-hydrogen) atoms. The number of carbonyl (C=O) groups is 2. The highest BCUT2D eigenvalue weighted by molar-refractivity contribution is 7.59. The molecular formula is C12H16Cl2N2O2S. The Hall–Kier alpha value is -0.910. The van der Waals surface area contributed by atoms with Gasteiger partial charge in [0.1, 0.15) is 0 Å². The highest BCUT2D eigenvalue weighted by Gasteiger charge is 2.11. The Morgan fingerprint density at radius 3 is 2.47 bits per heavy atom. The van der Waals surface area contributed by atoms with Crippen molar-refractivity contribution in [1.82, 2.24) is 5.32 Å². The molecule has 0 heterocycles. The summed E-state index contributed by atoms with van der Waals surface area (Å²) in [5, 5.41) is 3.48. The summed E-state index contributed by atoms with van der Waals surface area (Å²) in [6.07, 6.45) is 0.741. The van der Waals surface area contributed by atoms with Crippen molar-refractivity contribution < 1.29 is 9.59 Å². The largest absolute Gasteiger partial charge is 0.370 e. The van der Waals surface area contributed by atoms with Gasteiger partial charge in [-0.1, -0.05) is 23.2 Å². The van der Waals surface area contributed by atoms with E-state index in [1.54, 1.807) is 19.1 Å². The molecule has 0 bridgehead atoms. The number of nitrogens with one attached hydrogen (secondary N) is 1. The third-order valence-electron chi connectivity index (χ3n) is 2.38. The van der Waals surface area contributed by atoms with Gasteiger partial charge < -0.3 is 11.1 Å². The molecular weight excluding hydrogens is 307 g/mol. The molecule has 0 aromatic heterocycles. The molecule has 2 amide bonds. The van der Waals surface area contributed by atoms with Gasteiger partial charge in [-0.3, -0.25) is 9.59 Å².